The molecule has 0 saturated carbocycles. The maximum absolute atomic E-state index is 11.7. The molecule has 0 spiro atoms. The van der Waals surface area contributed by atoms with Crippen LogP contribution in [0.25, 0.3) is 0 Å². The average Bonchev–Trinajstić information content (AvgIpc) is 2.36. The summed E-state index contributed by atoms with van der Waals surface area (Å²) in [6.45, 7) is 3.28. The summed E-state index contributed by atoms with van der Waals surface area (Å²) in [5.74, 6) is -0.765. The van der Waals surface area contributed by atoms with Crippen molar-refractivity contribution in [2.45, 2.75) is 12.5 Å². The third-order valence-electron chi connectivity index (χ3n) is 3.04. The number of rotatable bonds is 4. The van der Waals surface area contributed by atoms with E-state index in [4.69, 9.17) is 4.74 Å². The van der Waals surface area contributed by atoms with Crippen LogP contribution in [-0.4, -0.2) is 75.2 Å². The largest absolute Gasteiger partial charge is 0.469 e. The van der Waals surface area contributed by atoms with Gasteiger partial charge in [-0.05, 0) is 7.05 Å². The molecular formula is C11H20N2O4. The van der Waals surface area contributed by atoms with Gasteiger partial charge in [0.15, 0.2) is 0 Å². The molecule has 1 aliphatic heterocycles. The number of carbonyl (C=O) groups is 2. The smallest absolute Gasteiger partial charge is 0.323 e. The number of methoxy groups -OCH3 is 2. The Morgan fingerprint density at radius 3 is 2.18 bits per heavy atom. The van der Waals surface area contributed by atoms with E-state index in [0.29, 0.717) is 0 Å². The highest BCUT2D eigenvalue weighted by molar-refractivity contribution is 5.82. The lowest BCUT2D eigenvalue weighted by Crippen LogP contribution is -2.52. The van der Waals surface area contributed by atoms with Gasteiger partial charge in [0, 0.05) is 26.2 Å². The van der Waals surface area contributed by atoms with Gasteiger partial charge >= 0.3 is 11.9 Å². The van der Waals surface area contributed by atoms with E-state index in [0.717, 1.165) is 26.2 Å². The van der Waals surface area contributed by atoms with Gasteiger partial charge in [-0.25, -0.2) is 0 Å². The minimum absolute atomic E-state index is 0.0485. The van der Waals surface area contributed by atoms with Crippen molar-refractivity contribution in [3.63, 3.8) is 0 Å². The normalized spacial score (nSPS) is 19.7. The molecule has 1 aliphatic rings. The van der Waals surface area contributed by atoms with Crippen LogP contribution in [0.4, 0.5) is 0 Å². The Labute approximate surface area is 101 Å². The number of piperazine rings is 1. The Morgan fingerprint density at radius 2 is 1.71 bits per heavy atom. The minimum atomic E-state index is -0.527. The summed E-state index contributed by atoms with van der Waals surface area (Å²) in [7, 11) is 4.69. The van der Waals surface area contributed by atoms with E-state index < -0.39 is 6.04 Å². The van der Waals surface area contributed by atoms with Crippen LogP contribution in [-0.2, 0) is 19.1 Å². The van der Waals surface area contributed by atoms with E-state index in [9.17, 15) is 9.59 Å². The fraction of sp³-hybridized carbons (Fsp3) is 0.818. The van der Waals surface area contributed by atoms with Gasteiger partial charge in [-0.1, -0.05) is 0 Å². The Hall–Kier alpha value is -1.14. The van der Waals surface area contributed by atoms with Crippen molar-refractivity contribution in [2.24, 2.45) is 0 Å². The molecule has 0 aromatic carbocycles. The highest BCUT2D eigenvalue weighted by Gasteiger charge is 2.31. The molecule has 6 heteroatoms. The van der Waals surface area contributed by atoms with E-state index in [1.165, 1.54) is 14.2 Å². The molecule has 1 fully saturated rings. The Kier molecular flexibility index (Phi) is 5.37. The molecule has 0 radical (unpaired) electrons. The number of nitrogens with zero attached hydrogens (tertiary/aromatic N) is 2. The molecule has 0 amide bonds. The monoisotopic (exact) mass is 244 g/mol. The highest BCUT2D eigenvalue weighted by atomic mass is 16.5. The van der Waals surface area contributed by atoms with Gasteiger partial charge in [-0.3, -0.25) is 14.5 Å². The lowest BCUT2D eigenvalue weighted by Gasteiger charge is -2.36. The molecule has 1 rings (SSSR count). The Bertz CT molecular complexity index is 275. The van der Waals surface area contributed by atoms with Crippen molar-refractivity contribution >= 4 is 11.9 Å². The molecule has 0 aliphatic carbocycles. The summed E-state index contributed by atoms with van der Waals surface area (Å²) in [6.07, 6.45) is 0.0485. The number of esters is 2. The molecule has 0 aromatic heterocycles. The molecule has 1 saturated heterocycles. The molecule has 0 N–H and O–H groups in total. The van der Waals surface area contributed by atoms with Gasteiger partial charge in [0.25, 0.3) is 0 Å². The molecule has 1 atom stereocenters. The third kappa shape index (κ3) is 3.98. The average molecular weight is 244 g/mol. The summed E-state index contributed by atoms with van der Waals surface area (Å²) < 4.78 is 9.34. The SMILES string of the molecule is COC(=O)C[C@H](C(=O)OC)N1CCN(C)CC1. The van der Waals surface area contributed by atoms with Crippen LogP contribution < -0.4 is 0 Å². The van der Waals surface area contributed by atoms with Crippen LogP contribution in [0.5, 0.6) is 0 Å². The topological polar surface area (TPSA) is 59.1 Å². The van der Waals surface area contributed by atoms with Crippen molar-refractivity contribution in [1.82, 2.24) is 9.80 Å². The zero-order valence-electron chi connectivity index (χ0n) is 10.6. The summed E-state index contributed by atoms with van der Waals surface area (Å²) in [4.78, 5) is 27.1. The van der Waals surface area contributed by atoms with Crippen molar-refractivity contribution < 1.29 is 19.1 Å². The number of carbonyl (C=O) groups excluding carboxylic acids is 2. The Morgan fingerprint density at radius 1 is 1.12 bits per heavy atom. The second-order valence-electron chi connectivity index (χ2n) is 4.16. The van der Waals surface area contributed by atoms with Crippen LogP contribution in [0.1, 0.15) is 6.42 Å². The summed E-state index contributed by atoms with van der Waals surface area (Å²) in [6, 6.07) is -0.527. The summed E-state index contributed by atoms with van der Waals surface area (Å²) in [5, 5.41) is 0. The third-order valence-corrected chi connectivity index (χ3v) is 3.04. The van der Waals surface area contributed by atoms with Gasteiger partial charge in [0.2, 0.25) is 0 Å². The molecule has 98 valence electrons. The van der Waals surface area contributed by atoms with Gasteiger partial charge in [0.1, 0.15) is 6.04 Å². The van der Waals surface area contributed by atoms with Gasteiger partial charge < -0.3 is 14.4 Å². The maximum atomic E-state index is 11.7. The molecule has 1 heterocycles. The first kappa shape index (κ1) is 13.9. The number of hydrogen-bond donors (Lipinski definition) is 0. The maximum Gasteiger partial charge on any atom is 0.323 e. The molecule has 6 nitrogen and oxygen atoms in total. The van der Waals surface area contributed by atoms with Crippen LogP contribution in [0.3, 0.4) is 0 Å². The first-order valence-electron chi connectivity index (χ1n) is 5.65. The van der Waals surface area contributed by atoms with Gasteiger partial charge in [-0.2, -0.15) is 0 Å². The standard InChI is InChI=1S/C11H20N2O4/c1-12-4-6-13(7-5-12)9(11(15)17-3)8-10(14)16-2/h9H,4-8H2,1-3H3/t9-/m1/s1. The van der Waals surface area contributed by atoms with E-state index >= 15 is 0 Å². The predicted octanol–water partition coefficient (Wildman–Crippen LogP) is -0.661. The lowest BCUT2D eigenvalue weighted by atomic mass is 10.1. The first-order chi connectivity index (χ1) is 8.08. The van der Waals surface area contributed by atoms with Crippen molar-refractivity contribution in [2.75, 3.05) is 47.4 Å². The van der Waals surface area contributed by atoms with Crippen LogP contribution in [0.2, 0.25) is 0 Å². The molecule has 17 heavy (non-hydrogen) atoms. The number of likely N-dealkylation sites (N-methyl/N-ethyl adjacent to an activating group) is 1. The highest BCUT2D eigenvalue weighted by Crippen LogP contribution is 2.11. The van der Waals surface area contributed by atoms with Crippen LogP contribution in [0.15, 0.2) is 0 Å². The first-order valence-corrected chi connectivity index (χ1v) is 5.65. The van der Waals surface area contributed by atoms with E-state index in [2.05, 4.69) is 9.64 Å². The fourth-order valence-corrected chi connectivity index (χ4v) is 1.87. The lowest BCUT2D eigenvalue weighted by molar-refractivity contribution is -0.154. The second-order valence-corrected chi connectivity index (χ2v) is 4.16. The molecular weight excluding hydrogens is 224 g/mol. The molecule has 0 unspecified atom stereocenters. The van der Waals surface area contributed by atoms with Crippen LogP contribution in [0, 0.1) is 0 Å². The molecule has 0 aromatic rings. The zero-order valence-corrected chi connectivity index (χ0v) is 10.6. The van der Waals surface area contributed by atoms with Crippen molar-refractivity contribution in [3.8, 4) is 0 Å². The number of ether oxygens (including phenoxy) is 2. The summed E-state index contributed by atoms with van der Waals surface area (Å²) in [5.41, 5.74) is 0. The molecule has 0 bridgehead atoms. The van der Waals surface area contributed by atoms with Crippen LogP contribution >= 0.6 is 0 Å². The Balaban J connectivity index is 2.62. The second kappa shape index (κ2) is 6.56. The minimum Gasteiger partial charge on any atom is -0.469 e. The van der Waals surface area contributed by atoms with Gasteiger partial charge in [0.05, 0.1) is 20.6 Å². The van der Waals surface area contributed by atoms with Crippen molar-refractivity contribution in [1.29, 1.82) is 0 Å². The van der Waals surface area contributed by atoms with E-state index in [-0.39, 0.29) is 18.4 Å². The summed E-state index contributed by atoms with van der Waals surface area (Å²) >= 11 is 0. The van der Waals surface area contributed by atoms with E-state index in [1.807, 2.05) is 11.9 Å². The van der Waals surface area contributed by atoms with Crippen molar-refractivity contribution in [3.05, 3.63) is 0 Å². The van der Waals surface area contributed by atoms with Gasteiger partial charge in [-0.15, -0.1) is 0 Å². The number of hydrogen-bond acceptors (Lipinski definition) is 6. The predicted molar refractivity (Wildman–Crippen MR) is 61.5 cm³/mol. The quantitative estimate of drug-likeness (QED) is 0.612. The zero-order chi connectivity index (χ0) is 12.8. The van der Waals surface area contributed by atoms with E-state index in [1.54, 1.807) is 0 Å². The fourth-order valence-electron chi connectivity index (χ4n) is 1.87.